The van der Waals surface area contributed by atoms with Crippen LogP contribution in [0.5, 0.6) is 5.75 Å². The second-order valence-electron chi connectivity index (χ2n) is 3.67. The third kappa shape index (κ3) is 1.66. The number of methoxy groups -OCH3 is 1. The Morgan fingerprint density at radius 1 is 1.60 bits per heavy atom. The molecule has 0 fully saturated rings. The summed E-state index contributed by atoms with van der Waals surface area (Å²) in [5.41, 5.74) is 0.895. The molecule has 5 nitrogen and oxygen atoms in total. The molecule has 15 heavy (non-hydrogen) atoms. The molecule has 1 aliphatic rings. The SMILES string of the molecule is COC1(C)Cc2cc([N+](=O)[O-])ccc2O1. The summed E-state index contributed by atoms with van der Waals surface area (Å²) in [5.74, 6) is -0.0395. The molecule has 1 aromatic rings. The van der Waals surface area contributed by atoms with E-state index in [9.17, 15) is 10.1 Å². The molecule has 0 aromatic heterocycles. The number of rotatable bonds is 2. The van der Waals surface area contributed by atoms with Crippen molar-refractivity contribution < 1.29 is 14.4 Å². The minimum absolute atomic E-state index is 0.0812. The fraction of sp³-hybridized carbons (Fsp3) is 0.400. The lowest BCUT2D eigenvalue weighted by atomic mass is 10.1. The number of fused-ring (bicyclic) bond motifs is 1. The van der Waals surface area contributed by atoms with Crippen LogP contribution < -0.4 is 4.74 Å². The minimum atomic E-state index is -0.697. The molecule has 1 aromatic carbocycles. The van der Waals surface area contributed by atoms with Crippen LogP contribution in [0, 0.1) is 10.1 Å². The molecule has 0 amide bonds. The van der Waals surface area contributed by atoms with Gasteiger partial charge in [0.2, 0.25) is 5.79 Å². The van der Waals surface area contributed by atoms with Crippen LogP contribution in [0.2, 0.25) is 0 Å². The molecule has 80 valence electrons. The number of hydrogen-bond acceptors (Lipinski definition) is 4. The van der Waals surface area contributed by atoms with Gasteiger partial charge in [0.15, 0.2) is 0 Å². The van der Waals surface area contributed by atoms with E-state index < -0.39 is 10.7 Å². The fourth-order valence-corrected chi connectivity index (χ4v) is 1.65. The number of nitrogens with zero attached hydrogens (tertiary/aromatic N) is 1. The van der Waals surface area contributed by atoms with E-state index in [1.165, 1.54) is 12.1 Å². The molecule has 0 N–H and O–H groups in total. The number of nitro benzene ring substituents is 1. The van der Waals surface area contributed by atoms with Gasteiger partial charge < -0.3 is 9.47 Å². The molecule has 1 atom stereocenters. The molecule has 5 heteroatoms. The largest absolute Gasteiger partial charge is 0.462 e. The van der Waals surface area contributed by atoms with Crippen LogP contribution in [0.3, 0.4) is 0 Å². The van der Waals surface area contributed by atoms with Gasteiger partial charge >= 0.3 is 0 Å². The van der Waals surface area contributed by atoms with Gasteiger partial charge in [-0.3, -0.25) is 10.1 Å². The van der Waals surface area contributed by atoms with Crippen LogP contribution in [0.1, 0.15) is 12.5 Å². The highest BCUT2D eigenvalue weighted by Gasteiger charge is 2.35. The molecule has 0 bridgehead atoms. The van der Waals surface area contributed by atoms with Gasteiger partial charge in [0.25, 0.3) is 5.69 Å². The summed E-state index contributed by atoms with van der Waals surface area (Å²) in [7, 11) is 1.56. The van der Waals surface area contributed by atoms with Gasteiger partial charge in [-0.05, 0) is 6.07 Å². The van der Waals surface area contributed by atoms with Crippen LogP contribution in [0.4, 0.5) is 5.69 Å². The maximum absolute atomic E-state index is 10.6. The maximum Gasteiger partial charge on any atom is 0.269 e. The van der Waals surface area contributed by atoms with Gasteiger partial charge in [0.05, 0.1) is 4.92 Å². The molecule has 0 aliphatic carbocycles. The molecule has 0 radical (unpaired) electrons. The molecule has 0 saturated carbocycles. The van der Waals surface area contributed by atoms with Crippen molar-refractivity contribution in [3.8, 4) is 5.75 Å². The lowest BCUT2D eigenvalue weighted by Gasteiger charge is -2.21. The lowest BCUT2D eigenvalue weighted by molar-refractivity contribution is -0.384. The van der Waals surface area contributed by atoms with Crippen molar-refractivity contribution in [2.75, 3.05) is 7.11 Å². The minimum Gasteiger partial charge on any atom is -0.462 e. The highest BCUT2D eigenvalue weighted by molar-refractivity contribution is 5.46. The first-order valence-corrected chi connectivity index (χ1v) is 4.55. The van der Waals surface area contributed by atoms with Crippen molar-refractivity contribution in [2.45, 2.75) is 19.1 Å². The normalized spacial score (nSPS) is 23.3. The second kappa shape index (κ2) is 3.20. The molecular formula is C10H11NO4. The zero-order chi connectivity index (χ0) is 11.1. The monoisotopic (exact) mass is 209 g/mol. The molecule has 1 aliphatic heterocycles. The Labute approximate surface area is 86.8 Å². The van der Waals surface area contributed by atoms with E-state index >= 15 is 0 Å². The van der Waals surface area contributed by atoms with Crippen molar-refractivity contribution >= 4 is 5.69 Å². The van der Waals surface area contributed by atoms with Crippen LogP contribution in [0.15, 0.2) is 18.2 Å². The molecular weight excluding hydrogens is 198 g/mol. The van der Waals surface area contributed by atoms with Gasteiger partial charge in [0.1, 0.15) is 5.75 Å². The third-order valence-electron chi connectivity index (χ3n) is 2.52. The Bertz CT molecular complexity index is 418. The van der Waals surface area contributed by atoms with Crippen molar-refractivity contribution in [1.82, 2.24) is 0 Å². The van der Waals surface area contributed by atoms with E-state index in [0.717, 1.165) is 5.56 Å². The van der Waals surface area contributed by atoms with Crippen molar-refractivity contribution in [3.63, 3.8) is 0 Å². The molecule has 2 rings (SSSR count). The number of ether oxygens (including phenoxy) is 2. The van der Waals surface area contributed by atoms with E-state index in [4.69, 9.17) is 9.47 Å². The summed E-state index contributed by atoms with van der Waals surface area (Å²) >= 11 is 0. The second-order valence-corrected chi connectivity index (χ2v) is 3.67. The summed E-state index contributed by atoms with van der Waals surface area (Å²) in [4.78, 5) is 10.2. The van der Waals surface area contributed by atoms with E-state index in [1.54, 1.807) is 20.1 Å². The quantitative estimate of drug-likeness (QED) is 0.551. The van der Waals surface area contributed by atoms with Crippen LogP contribution in [-0.4, -0.2) is 17.8 Å². The Morgan fingerprint density at radius 2 is 2.33 bits per heavy atom. The topological polar surface area (TPSA) is 61.6 Å². The van der Waals surface area contributed by atoms with Crippen LogP contribution in [0.25, 0.3) is 0 Å². The predicted octanol–water partition coefficient (Wildman–Crippen LogP) is 1.89. The Hall–Kier alpha value is -1.62. The van der Waals surface area contributed by atoms with Crippen molar-refractivity contribution in [3.05, 3.63) is 33.9 Å². The maximum atomic E-state index is 10.6. The number of hydrogen-bond donors (Lipinski definition) is 0. The summed E-state index contributed by atoms with van der Waals surface area (Å²) in [5, 5.41) is 10.6. The van der Waals surface area contributed by atoms with Gasteiger partial charge in [0, 0.05) is 38.2 Å². The number of non-ortho nitro benzene ring substituents is 1. The van der Waals surface area contributed by atoms with Crippen LogP contribution in [-0.2, 0) is 11.2 Å². The van der Waals surface area contributed by atoms with E-state index in [1.807, 2.05) is 0 Å². The first kappa shape index (κ1) is 9.92. The molecule has 1 unspecified atom stereocenters. The van der Waals surface area contributed by atoms with E-state index in [0.29, 0.717) is 12.2 Å². The Kier molecular flexibility index (Phi) is 2.12. The van der Waals surface area contributed by atoms with Gasteiger partial charge in [-0.25, -0.2) is 0 Å². The standard InChI is InChI=1S/C10H11NO4/c1-10(14-2)6-7-5-8(11(12)13)3-4-9(7)15-10/h3-5H,6H2,1-2H3. The van der Waals surface area contributed by atoms with Crippen LogP contribution >= 0.6 is 0 Å². The zero-order valence-corrected chi connectivity index (χ0v) is 8.52. The number of nitro groups is 1. The molecule has 1 heterocycles. The Balaban J connectivity index is 2.35. The average Bonchev–Trinajstić information content (AvgIpc) is 2.53. The van der Waals surface area contributed by atoms with Crippen molar-refractivity contribution in [1.29, 1.82) is 0 Å². The summed E-state index contributed by atoms with van der Waals surface area (Å²) < 4.78 is 10.7. The van der Waals surface area contributed by atoms with Crippen molar-refractivity contribution in [2.24, 2.45) is 0 Å². The summed E-state index contributed by atoms with van der Waals surface area (Å²) in [6.45, 7) is 1.80. The number of benzene rings is 1. The molecule has 0 saturated heterocycles. The smallest absolute Gasteiger partial charge is 0.269 e. The Morgan fingerprint density at radius 3 is 2.93 bits per heavy atom. The van der Waals surface area contributed by atoms with E-state index in [2.05, 4.69) is 0 Å². The van der Waals surface area contributed by atoms with Gasteiger partial charge in [-0.2, -0.15) is 0 Å². The first-order valence-electron chi connectivity index (χ1n) is 4.55. The first-order chi connectivity index (χ1) is 7.04. The highest BCUT2D eigenvalue weighted by Crippen LogP contribution is 2.37. The third-order valence-corrected chi connectivity index (χ3v) is 2.52. The summed E-state index contributed by atoms with van der Waals surface area (Å²) in [6.07, 6.45) is 0.528. The fourth-order valence-electron chi connectivity index (χ4n) is 1.65. The lowest BCUT2D eigenvalue weighted by Crippen LogP contribution is -2.32. The average molecular weight is 209 g/mol. The highest BCUT2D eigenvalue weighted by atomic mass is 16.7. The molecule has 0 spiro atoms. The predicted molar refractivity (Wildman–Crippen MR) is 52.8 cm³/mol. The zero-order valence-electron chi connectivity index (χ0n) is 8.52. The summed E-state index contributed by atoms with van der Waals surface area (Å²) in [6, 6.07) is 4.57. The van der Waals surface area contributed by atoms with Gasteiger partial charge in [-0.1, -0.05) is 0 Å². The van der Waals surface area contributed by atoms with Gasteiger partial charge in [-0.15, -0.1) is 0 Å². The van der Waals surface area contributed by atoms with E-state index in [-0.39, 0.29) is 5.69 Å².